The highest BCUT2D eigenvalue weighted by Gasteiger charge is 2.36. The van der Waals surface area contributed by atoms with Gasteiger partial charge in [-0.1, -0.05) is 18.2 Å². The molecule has 2 fully saturated rings. The highest BCUT2D eigenvalue weighted by molar-refractivity contribution is 5.34. The quantitative estimate of drug-likeness (QED) is 0.877. The molecule has 0 aromatic heterocycles. The van der Waals surface area contributed by atoms with Crippen molar-refractivity contribution in [3.05, 3.63) is 29.8 Å². The summed E-state index contributed by atoms with van der Waals surface area (Å²) in [7, 11) is 2.20. The van der Waals surface area contributed by atoms with Crippen LogP contribution in [0.2, 0.25) is 0 Å². The van der Waals surface area contributed by atoms with Crippen molar-refractivity contribution in [3.8, 4) is 5.75 Å². The fourth-order valence-electron chi connectivity index (χ4n) is 3.74. The minimum Gasteiger partial charge on any atom is -0.508 e. The molecule has 0 saturated carbocycles. The van der Waals surface area contributed by atoms with E-state index in [2.05, 4.69) is 24.2 Å². The first-order chi connectivity index (χ1) is 9.15. The molecule has 1 aromatic carbocycles. The van der Waals surface area contributed by atoms with Crippen LogP contribution in [0.3, 0.4) is 0 Å². The average molecular weight is 260 g/mol. The molecule has 19 heavy (non-hydrogen) atoms. The zero-order chi connectivity index (χ0) is 13.4. The van der Waals surface area contributed by atoms with E-state index >= 15 is 0 Å². The molecule has 2 aliphatic rings. The number of phenolic OH excluding ortho intramolecular Hbond substituents is 1. The standard InChI is InChI=1S/C16H24N2O/c1-11(15-5-3-4-6-16(15)19)18(2)14-9-12-7-8-13(10-14)17-12/h3-6,11-14,17,19H,7-10H2,1-2H3. The molecule has 2 bridgehead atoms. The zero-order valence-electron chi connectivity index (χ0n) is 11.8. The van der Waals surface area contributed by atoms with Crippen LogP contribution in [0.5, 0.6) is 5.75 Å². The molecule has 0 aliphatic carbocycles. The summed E-state index contributed by atoms with van der Waals surface area (Å²) in [5, 5.41) is 13.7. The lowest BCUT2D eigenvalue weighted by Crippen LogP contribution is -2.47. The fourth-order valence-corrected chi connectivity index (χ4v) is 3.74. The summed E-state index contributed by atoms with van der Waals surface area (Å²) in [6.45, 7) is 2.19. The Morgan fingerprint density at radius 3 is 2.47 bits per heavy atom. The number of nitrogens with one attached hydrogen (secondary N) is 1. The van der Waals surface area contributed by atoms with Crippen molar-refractivity contribution in [2.24, 2.45) is 0 Å². The molecule has 2 aliphatic heterocycles. The largest absolute Gasteiger partial charge is 0.508 e. The number of rotatable bonds is 3. The molecule has 3 rings (SSSR count). The Hall–Kier alpha value is -1.06. The molecule has 1 aromatic rings. The van der Waals surface area contributed by atoms with Gasteiger partial charge in [0.05, 0.1) is 0 Å². The lowest BCUT2D eigenvalue weighted by atomic mass is 9.95. The highest BCUT2D eigenvalue weighted by atomic mass is 16.3. The van der Waals surface area contributed by atoms with E-state index in [0.29, 0.717) is 23.9 Å². The summed E-state index contributed by atoms with van der Waals surface area (Å²) in [5.74, 6) is 0.416. The molecule has 3 unspecified atom stereocenters. The molecule has 3 atom stereocenters. The van der Waals surface area contributed by atoms with Crippen LogP contribution in [-0.4, -0.2) is 35.2 Å². The lowest BCUT2D eigenvalue weighted by molar-refractivity contribution is 0.131. The maximum Gasteiger partial charge on any atom is 0.120 e. The van der Waals surface area contributed by atoms with Gasteiger partial charge in [0.1, 0.15) is 5.75 Å². The van der Waals surface area contributed by atoms with Gasteiger partial charge in [-0.3, -0.25) is 4.90 Å². The van der Waals surface area contributed by atoms with Gasteiger partial charge in [0, 0.05) is 29.7 Å². The highest BCUT2D eigenvalue weighted by Crippen LogP contribution is 2.34. The second-order valence-electron chi connectivity index (χ2n) is 6.16. The second kappa shape index (κ2) is 5.14. The Kier molecular flexibility index (Phi) is 3.50. The molecule has 3 heteroatoms. The van der Waals surface area contributed by atoms with Crippen molar-refractivity contribution in [3.63, 3.8) is 0 Å². The van der Waals surface area contributed by atoms with Gasteiger partial charge in [-0.2, -0.15) is 0 Å². The third kappa shape index (κ3) is 2.49. The number of benzene rings is 1. The molecular weight excluding hydrogens is 236 g/mol. The Balaban J connectivity index is 1.73. The van der Waals surface area contributed by atoms with E-state index in [-0.39, 0.29) is 6.04 Å². The molecule has 0 spiro atoms. The zero-order valence-corrected chi connectivity index (χ0v) is 11.8. The van der Waals surface area contributed by atoms with Gasteiger partial charge in [-0.05, 0) is 45.7 Å². The molecule has 0 radical (unpaired) electrons. The Labute approximate surface area is 115 Å². The topological polar surface area (TPSA) is 35.5 Å². The molecule has 2 saturated heterocycles. The molecular formula is C16H24N2O. The van der Waals surface area contributed by atoms with Gasteiger partial charge < -0.3 is 10.4 Å². The van der Waals surface area contributed by atoms with E-state index in [9.17, 15) is 5.11 Å². The number of para-hydroxylation sites is 1. The summed E-state index contributed by atoms with van der Waals surface area (Å²) in [5.41, 5.74) is 1.04. The van der Waals surface area contributed by atoms with Crippen LogP contribution in [0.25, 0.3) is 0 Å². The summed E-state index contributed by atoms with van der Waals surface area (Å²) >= 11 is 0. The lowest BCUT2D eigenvalue weighted by Gasteiger charge is -2.39. The number of fused-ring (bicyclic) bond motifs is 2. The van der Waals surface area contributed by atoms with E-state index in [1.54, 1.807) is 6.07 Å². The number of piperidine rings is 1. The number of nitrogens with zero attached hydrogens (tertiary/aromatic N) is 1. The number of phenols is 1. The summed E-state index contributed by atoms with van der Waals surface area (Å²) in [4.78, 5) is 2.45. The van der Waals surface area contributed by atoms with Crippen molar-refractivity contribution in [1.82, 2.24) is 10.2 Å². The van der Waals surface area contributed by atoms with Gasteiger partial charge in [-0.15, -0.1) is 0 Å². The van der Waals surface area contributed by atoms with Crippen LogP contribution < -0.4 is 5.32 Å². The van der Waals surface area contributed by atoms with Crippen molar-refractivity contribution >= 4 is 0 Å². The Bertz CT molecular complexity index is 436. The van der Waals surface area contributed by atoms with Gasteiger partial charge in [0.15, 0.2) is 0 Å². The molecule has 0 amide bonds. The second-order valence-corrected chi connectivity index (χ2v) is 6.16. The maximum absolute atomic E-state index is 10.0. The number of hydrogen-bond donors (Lipinski definition) is 2. The maximum atomic E-state index is 10.0. The van der Waals surface area contributed by atoms with Crippen LogP contribution >= 0.6 is 0 Å². The number of aromatic hydroxyl groups is 1. The van der Waals surface area contributed by atoms with Gasteiger partial charge >= 0.3 is 0 Å². The first kappa shape index (κ1) is 12.9. The van der Waals surface area contributed by atoms with E-state index in [0.717, 1.165) is 5.56 Å². The third-order valence-electron chi connectivity index (χ3n) is 5.02. The summed E-state index contributed by atoms with van der Waals surface area (Å²) in [6, 6.07) is 10.0. The number of hydrogen-bond acceptors (Lipinski definition) is 3. The first-order valence-corrected chi connectivity index (χ1v) is 7.41. The van der Waals surface area contributed by atoms with E-state index in [1.165, 1.54) is 25.7 Å². The van der Waals surface area contributed by atoms with Crippen molar-refractivity contribution in [2.45, 2.75) is 56.8 Å². The van der Waals surface area contributed by atoms with E-state index < -0.39 is 0 Å². The van der Waals surface area contributed by atoms with Crippen LogP contribution in [0.4, 0.5) is 0 Å². The van der Waals surface area contributed by atoms with Crippen molar-refractivity contribution in [2.75, 3.05) is 7.05 Å². The first-order valence-electron chi connectivity index (χ1n) is 7.41. The predicted molar refractivity (Wildman–Crippen MR) is 77.3 cm³/mol. The van der Waals surface area contributed by atoms with Crippen LogP contribution in [-0.2, 0) is 0 Å². The smallest absolute Gasteiger partial charge is 0.120 e. The van der Waals surface area contributed by atoms with Gasteiger partial charge in [0.2, 0.25) is 0 Å². The van der Waals surface area contributed by atoms with Crippen LogP contribution in [0.15, 0.2) is 24.3 Å². The summed E-state index contributed by atoms with van der Waals surface area (Å²) < 4.78 is 0. The summed E-state index contributed by atoms with van der Waals surface area (Å²) in [6.07, 6.45) is 5.15. The average Bonchev–Trinajstić information content (AvgIpc) is 2.76. The predicted octanol–water partition coefficient (Wildman–Crippen LogP) is 2.67. The molecule has 3 nitrogen and oxygen atoms in total. The van der Waals surface area contributed by atoms with Crippen LogP contribution in [0.1, 0.15) is 44.2 Å². The normalized spacial score (nSPS) is 31.6. The minimum absolute atomic E-state index is 0.267. The SMILES string of the molecule is CC(c1ccccc1O)N(C)C1CC2CCC(C1)N2. The Morgan fingerprint density at radius 2 is 1.84 bits per heavy atom. The Morgan fingerprint density at radius 1 is 1.21 bits per heavy atom. The van der Waals surface area contributed by atoms with E-state index in [1.807, 2.05) is 18.2 Å². The molecule has 104 valence electrons. The van der Waals surface area contributed by atoms with E-state index in [4.69, 9.17) is 0 Å². The third-order valence-corrected chi connectivity index (χ3v) is 5.02. The van der Waals surface area contributed by atoms with Crippen LogP contribution in [0, 0.1) is 0 Å². The van der Waals surface area contributed by atoms with Crippen molar-refractivity contribution < 1.29 is 5.11 Å². The van der Waals surface area contributed by atoms with Gasteiger partial charge in [0.25, 0.3) is 0 Å². The monoisotopic (exact) mass is 260 g/mol. The van der Waals surface area contributed by atoms with Crippen molar-refractivity contribution in [1.29, 1.82) is 0 Å². The molecule has 2 N–H and O–H groups in total. The minimum atomic E-state index is 0.267. The molecule has 2 heterocycles. The fraction of sp³-hybridized carbons (Fsp3) is 0.625. The van der Waals surface area contributed by atoms with Gasteiger partial charge in [-0.25, -0.2) is 0 Å².